The number of methoxy groups -OCH3 is 1. The highest BCUT2D eigenvalue weighted by Gasteiger charge is 2.09. The van der Waals surface area contributed by atoms with Crippen LogP contribution in [0, 0.1) is 3.57 Å². The molecule has 0 N–H and O–H groups in total. The van der Waals surface area contributed by atoms with E-state index in [1.165, 1.54) is 13.7 Å². The Bertz CT molecular complexity index is 452. The minimum Gasteiger partial charge on any atom is -0.495 e. The molecule has 0 bridgehead atoms. The van der Waals surface area contributed by atoms with Crippen molar-refractivity contribution in [2.24, 2.45) is 0 Å². The molecule has 68 valence electrons. The summed E-state index contributed by atoms with van der Waals surface area (Å²) in [5, 5.41) is 3.38. The number of fused-ring (bicyclic) bond motifs is 1. The van der Waals surface area contributed by atoms with E-state index < -0.39 is 0 Å². The molecule has 0 saturated carbocycles. The predicted molar refractivity (Wildman–Crippen MR) is 68.8 cm³/mol. The van der Waals surface area contributed by atoms with Gasteiger partial charge >= 0.3 is 0 Å². The molecule has 0 fully saturated rings. The monoisotopic (exact) mass is 368 g/mol. The molecule has 1 nitrogen and oxygen atoms in total. The summed E-state index contributed by atoms with van der Waals surface area (Å²) in [6, 6.07) is 4.17. The lowest BCUT2D eigenvalue weighted by Gasteiger charge is -2.05. The summed E-state index contributed by atoms with van der Waals surface area (Å²) in [6.07, 6.45) is 0. The Kier molecular flexibility index (Phi) is 2.80. The quantitative estimate of drug-likeness (QED) is 0.683. The molecule has 0 saturated heterocycles. The van der Waals surface area contributed by atoms with Crippen LogP contribution in [-0.2, 0) is 0 Å². The molecular weight excluding hydrogens is 363 g/mol. The normalized spacial score (nSPS) is 10.7. The summed E-state index contributed by atoms with van der Waals surface area (Å²) in [7, 11) is 1.69. The summed E-state index contributed by atoms with van der Waals surface area (Å²) in [6.45, 7) is 0. The van der Waals surface area contributed by atoms with E-state index in [1.807, 2.05) is 6.07 Å². The van der Waals surface area contributed by atoms with E-state index in [-0.39, 0.29) is 0 Å². The molecule has 0 amide bonds. The molecule has 4 heteroatoms. The molecule has 0 unspecified atom stereocenters. The van der Waals surface area contributed by atoms with Crippen molar-refractivity contribution in [3.8, 4) is 5.75 Å². The predicted octanol–water partition coefficient (Wildman–Crippen LogP) is 4.28. The van der Waals surface area contributed by atoms with Crippen LogP contribution in [0.2, 0.25) is 0 Å². The molecular formula is C9H6BrIOS. The zero-order valence-corrected chi connectivity index (χ0v) is 11.4. The Labute approximate surface area is 102 Å². The van der Waals surface area contributed by atoms with Crippen molar-refractivity contribution < 1.29 is 4.74 Å². The number of benzene rings is 1. The maximum absolute atomic E-state index is 5.26. The lowest BCUT2D eigenvalue weighted by molar-refractivity contribution is 0.412. The highest BCUT2D eigenvalue weighted by molar-refractivity contribution is 14.1. The minimum absolute atomic E-state index is 0.902. The first-order valence-corrected chi connectivity index (χ1v) is 6.38. The first-order chi connectivity index (χ1) is 6.24. The van der Waals surface area contributed by atoms with Crippen LogP contribution in [-0.4, -0.2) is 7.11 Å². The molecule has 0 aliphatic heterocycles. The van der Waals surface area contributed by atoms with Crippen LogP contribution in [0.3, 0.4) is 0 Å². The zero-order chi connectivity index (χ0) is 9.42. The fraction of sp³-hybridized carbons (Fsp3) is 0.111. The lowest BCUT2D eigenvalue weighted by Crippen LogP contribution is -1.85. The van der Waals surface area contributed by atoms with Crippen molar-refractivity contribution in [1.82, 2.24) is 0 Å². The zero-order valence-electron chi connectivity index (χ0n) is 6.80. The maximum atomic E-state index is 5.26. The van der Waals surface area contributed by atoms with Gasteiger partial charge in [-0.2, -0.15) is 0 Å². The molecule has 1 heterocycles. The average Bonchev–Trinajstić information content (AvgIpc) is 2.60. The van der Waals surface area contributed by atoms with E-state index in [0.717, 1.165) is 10.2 Å². The van der Waals surface area contributed by atoms with Crippen molar-refractivity contribution in [1.29, 1.82) is 0 Å². The molecule has 1 aromatic carbocycles. The van der Waals surface area contributed by atoms with Gasteiger partial charge in [-0.15, -0.1) is 11.3 Å². The smallest absolute Gasteiger partial charge is 0.135 e. The standard InChI is InChI=1S/C9H6BrIOS/c1-12-7-4-6(11)5-2-3-13-9(5)8(7)10/h2-4H,1H3. The third-order valence-electron chi connectivity index (χ3n) is 1.82. The van der Waals surface area contributed by atoms with E-state index in [1.54, 1.807) is 18.4 Å². The number of thiophene rings is 1. The number of rotatable bonds is 1. The first-order valence-electron chi connectivity index (χ1n) is 3.63. The van der Waals surface area contributed by atoms with E-state index in [9.17, 15) is 0 Å². The van der Waals surface area contributed by atoms with Gasteiger partial charge in [0, 0.05) is 8.96 Å². The number of ether oxygens (including phenoxy) is 1. The summed E-state index contributed by atoms with van der Waals surface area (Å²) in [5.41, 5.74) is 0. The number of hydrogen-bond donors (Lipinski definition) is 0. The van der Waals surface area contributed by atoms with Crippen molar-refractivity contribution >= 4 is 59.9 Å². The SMILES string of the molecule is COc1cc(I)c2ccsc2c1Br. The third kappa shape index (κ3) is 1.59. The molecule has 0 spiro atoms. The summed E-state index contributed by atoms with van der Waals surface area (Å²) < 4.78 is 8.80. The van der Waals surface area contributed by atoms with E-state index in [0.29, 0.717) is 0 Å². The Morgan fingerprint density at radius 3 is 3.00 bits per heavy atom. The second-order valence-electron chi connectivity index (χ2n) is 2.54. The van der Waals surface area contributed by atoms with Gasteiger partial charge in [-0.05, 0) is 56.0 Å². The van der Waals surface area contributed by atoms with Crippen LogP contribution in [0.25, 0.3) is 10.1 Å². The fourth-order valence-corrected chi connectivity index (χ4v) is 3.72. The molecule has 0 atom stereocenters. The van der Waals surface area contributed by atoms with Crippen LogP contribution in [0.1, 0.15) is 0 Å². The van der Waals surface area contributed by atoms with Crippen LogP contribution in [0.4, 0.5) is 0 Å². The van der Waals surface area contributed by atoms with Gasteiger partial charge in [-0.1, -0.05) is 0 Å². The molecule has 13 heavy (non-hydrogen) atoms. The molecule has 0 aliphatic carbocycles. The van der Waals surface area contributed by atoms with Crippen molar-refractivity contribution in [3.05, 3.63) is 25.6 Å². The molecule has 1 aromatic heterocycles. The Morgan fingerprint density at radius 1 is 1.54 bits per heavy atom. The topological polar surface area (TPSA) is 9.23 Å². The summed E-state index contributed by atoms with van der Waals surface area (Å²) >= 11 is 7.59. The molecule has 2 aromatic rings. The van der Waals surface area contributed by atoms with Crippen LogP contribution < -0.4 is 4.74 Å². The van der Waals surface area contributed by atoms with Gasteiger partial charge in [-0.3, -0.25) is 0 Å². The van der Waals surface area contributed by atoms with E-state index in [4.69, 9.17) is 4.74 Å². The van der Waals surface area contributed by atoms with E-state index >= 15 is 0 Å². The Balaban J connectivity index is 2.85. The fourth-order valence-electron chi connectivity index (χ4n) is 1.18. The largest absolute Gasteiger partial charge is 0.495 e. The second-order valence-corrected chi connectivity index (χ2v) is 5.41. The Hall–Kier alpha value is 0.190. The highest BCUT2D eigenvalue weighted by atomic mass is 127. The lowest BCUT2D eigenvalue weighted by atomic mass is 10.2. The van der Waals surface area contributed by atoms with Gasteiger partial charge in [0.15, 0.2) is 0 Å². The average molecular weight is 369 g/mol. The third-order valence-corrected chi connectivity index (χ3v) is 4.69. The molecule has 2 rings (SSSR count). The molecule has 0 aliphatic rings. The maximum Gasteiger partial charge on any atom is 0.135 e. The van der Waals surface area contributed by atoms with Gasteiger partial charge in [0.1, 0.15) is 5.75 Å². The highest BCUT2D eigenvalue weighted by Crippen LogP contribution is 2.38. The first kappa shape index (κ1) is 9.73. The summed E-state index contributed by atoms with van der Waals surface area (Å²) in [5.74, 6) is 0.902. The van der Waals surface area contributed by atoms with Crippen molar-refractivity contribution in [2.75, 3.05) is 7.11 Å². The Morgan fingerprint density at radius 2 is 2.31 bits per heavy atom. The van der Waals surface area contributed by atoms with Crippen LogP contribution in [0.15, 0.2) is 22.0 Å². The summed E-state index contributed by atoms with van der Waals surface area (Å²) in [4.78, 5) is 0. The molecule has 0 radical (unpaired) electrons. The van der Waals surface area contributed by atoms with E-state index in [2.05, 4.69) is 50.0 Å². The second kappa shape index (κ2) is 3.74. The van der Waals surface area contributed by atoms with Gasteiger partial charge < -0.3 is 4.74 Å². The van der Waals surface area contributed by atoms with Gasteiger partial charge in [0.2, 0.25) is 0 Å². The van der Waals surface area contributed by atoms with Crippen LogP contribution in [0.5, 0.6) is 5.75 Å². The number of halogens is 2. The van der Waals surface area contributed by atoms with Gasteiger partial charge in [0.25, 0.3) is 0 Å². The van der Waals surface area contributed by atoms with Crippen molar-refractivity contribution in [2.45, 2.75) is 0 Å². The van der Waals surface area contributed by atoms with Gasteiger partial charge in [-0.25, -0.2) is 0 Å². The van der Waals surface area contributed by atoms with Gasteiger partial charge in [0.05, 0.1) is 16.3 Å². The number of hydrogen-bond acceptors (Lipinski definition) is 2. The minimum atomic E-state index is 0.902. The van der Waals surface area contributed by atoms with Crippen molar-refractivity contribution in [3.63, 3.8) is 0 Å². The van der Waals surface area contributed by atoms with Crippen LogP contribution >= 0.6 is 49.9 Å².